The number of aryl methyl sites for hydroxylation is 1. The van der Waals surface area contributed by atoms with Gasteiger partial charge in [-0.1, -0.05) is 45.4 Å². The van der Waals surface area contributed by atoms with Crippen LogP contribution in [0.5, 0.6) is 5.75 Å². The van der Waals surface area contributed by atoms with Crippen molar-refractivity contribution < 1.29 is 18.7 Å². The Hall–Kier alpha value is -6.05. The van der Waals surface area contributed by atoms with Gasteiger partial charge in [-0.2, -0.15) is 15.5 Å². The molecule has 5 aromatic rings. The second-order valence-corrected chi connectivity index (χ2v) is 19.4. The van der Waals surface area contributed by atoms with Crippen LogP contribution in [-0.2, 0) is 24.8 Å². The highest BCUT2D eigenvalue weighted by atomic mass is 35.5. The topological polar surface area (TPSA) is 162 Å². The fraction of sp³-hybridized carbons (Fsp3) is 0.468. The van der Waals surface area contributed by atoms with E-state index >= 15 is 4.39 Å². The molecule has 3 fully saturated rings. The zero-order chi connectivity index (χ0) is 45.1. The van der Waals surface area contributed by atoms with Gasteiger partial charge in [0, 0.05) is 118 Å². The first-order valence-electron chi connectivity index (χ1n) is 22.0. The number of nitrogens with zero attached hydrogens (tertiary/aromatic N) is 10. The number of rotatable bonds is 11. The molecule has 2 N–H and O–H groups in total. The van der Waals surface area contributed by atoms with Crippen LogP contribution in [0, 0.1) is 33.9 Å². The van der Waals surface area contributed by atoms with E-state index in [-0.39, 0.29) is 35.8 Å². The van der Waals surface area contributed by atoms with Crippen LogP contribution in [-0.4, -0.2) is 103 Å². The number of aromatic nitrogens is 6. The van der Waals surface area contributed by atoms with Crippen LogP contribution < -0.4 is 20.3 Å². The minimum absolute atomic E-state index is 0.0107. The molecule has 15 nitrogen and oxygen atoms in total. The van der Waals surface area contributed by atoms with Crippen LogP contribution in [0.25, 0.3) is 11.1 Å². The zero-order valence-corrected chi connectivity index (χ0v) is 37.9. The van der Waals surface area contributed by atoms with Gasteiger partial charge in [0.2, 0.25) is 11.9 Å². The van der Waals surface area contributed by atoms with Gasteiger partial charge in [-0.3, -0.25) is 23.9 Å². The molecule has 0 atom stereocenters. The van der Waals surface area contributed by atoms with Crippen molar-refractivity contribution in [3.05, 3.63) is 94.4 Å². The second-order valence-electron chi connectivity index (χ2n) is 19.0. The first-order chi connectivity index (χ1) is 30.6. The molecule has 6 heterocycles. The molecule has 1 aliphatic carbocycles. The van der Waals surface area contributed by atoms with Crippen LogP contribution in [0.15, 0.2) is 61.2 Å². The molecule has 3 aromatic heterocycles. The fourth-order valence-corrected chi connectivity index (χ4v) is 10.8. The largest absolute Gasteiger partial charge is 0.489 e. The Bertz CT molecular complexity index is 2610. The van der Waals surface area contributed by atoms with Crippen molar-refractivity contribution in [2.75, 3.05) is 49.5 Å². The maximum atomic E-state index is 15.5. The van der Waals surface area contributed by atoms with Crippen molar-refractivity contribution >= 4 is 40.9 Å². The van der Waals surface area contributed by atoms with Gasteiger partial charge in [-0.05, 0) is 48.6 Å². The summed E-state index contributed by atoms with van der Waals surface area (Å²) in [6, 6.07) is 12.3. The maximum Gasteiger partial charge on any atom is 0.254 e. The van der Waals surface area contributed by atoms with Gasteiger partial charge in [0.05, 0.1) is 40.6 Å². The molecule has 2 amide bonds. The predicted octanol–water partition coefficient (Wildman–Crippen LogP) is 6.77. The quantitative estimate of drug-likeness (QED) is 0.144. The summed E-state index contributed by atoms with van der Waals surface area (Å²) in [6.45, 7) is 15.3. The SMILES string of the molecule is CC(=O)N1CCc2c(c(Nc3ccc(-c4cnn(C)c4)cc3F)nn2C2CN(CC3CCN(c4ncc(C(=O)NC5C(C)(C)C(Oc6ccc(C#N)c(Cl)c6)C5(C)C)cn4)CC3)C2)C1. The summed E-state index contributed by atoms with van der Waals surface area (Å²) in [6.07, 6.45) is 9.28. The van der Waals surface area contributed by atoms with E-state index in [1.807, 2.05) is 24.2 Å². The van der Waals surface area contributed by atoms with E-state index in [1.165, 1.54) is 6.07 Å². The van der Waals surface area contributed by atoms with Crippen LogP contribution >= 0.6 is 11.6 Å². The number of benzene rings is 2. The third kappa shape index (κ3) is 8.15. The highest BCUT2D eigenvalue weighted by Gasteiger charge is 2.64. The van der Waals surface area contributed by atoms with Gasteiger partial charge in [0.25, 0.3) is 5.91 Å². The Morgan fingerprint density at radius 2 is 1.73 bits per heavy atom. The van der Waals surface area contributed by atoms with Gasteiger partial charge in [0.15, 0.2) is 5.82 Å². The van der Waals surface area contributed by atoms with Crippen molar-refractivity contribution in [3.63, 3.8) is 0 Å². The average molecular weight is 889 g/mol. The summed E-state index contributed by atoms with van der Waals surface area (Å²) in [5.74, 6) is 1.72. The number of ether oxygens (including phenoxy) is 1. The Kier molecular flexibility index (Phi) is 11.4. The number of nitrogens with one attached hydrogen (secondary N) is 2. The number of nitriles is 1. The third-order valence-corrected chi connectivity index (χ3v) is 14.1. The number of hydrogen-bond acceptors (Lipinski definition) is 11. The molecular formula is C47H54ClFN12O3. The smallest absolute Gasteiger partial charge is 0.254 e. The van der Waals surface area contributed by atoms with Crippen molar-refractivity contribution in [1.29, 1.82) is 5.26 Å². The van der Waals surface area contributed by atoms with Gasteiger partial charge in [-0.25, -0.2) is 14.4 Å². The van der Waals surface area contributed by atoms with Crippen LogP contribution in [0.3, 0.4) is 0 Å². The Balaban J connectivity index is 0.768. The fourth-order valence-electron chi connectivity index (χ4n) is 10.5. The molecule has 17 heteroatoms. The minimum Gasteiger partial charge on any atom is -0.489 e. The van der Waals surface area contributed by atoms with E-state index in [4.69, 9.17) is 21.4 Å². The summed E-state index contributed by atoms with van der Waals surface area (Å²) in [7, 11) is 1.83. The molecule has 64 heavy (non-hydrogen) atoms. The highest BCUT2D eigenvalue weighted by Crippen LogP contribution is 2.55. The Labute approximate surface area is 377 Å². The number of halogens is 2. The molecule has 0 unspecified atom stereocenters. The summed E-state index contributed by atoms with van der Waals surface area (Å²) in [5.41, 5.74) is 3.97. The first-order valence-corrected chi connectivity index (χ1v) is 22.3. The van der Waals surface area contributed by atoms with Crippen molar-refractivity contribution in [2.24, 2.45) is 23.8 Å². The van der Waals surface area contributed by atoms with E-state index in [2.05, 4.69) is 73.9 Å². The lowest BCUT2D eigenvalue weighted by Gasteiger charge is -2.63. The number of amides is 2. The lowest BCUT2D eigenvalue weighted by molar-refractivity contribution is -0.164. The van der Waals surface area contributed by atoms with E-state index in [0.29, 0.717) is 64.8 Å². The van der Waals surface area contributed by atoms with Crippen LogP contribution in [0.2, 0.25) is 5.02 Å². The average Bonchev–Trinajstić information content (AvgIpc) is 3.86. The lowest BCUT2D eigenvalue weighted by Crippen LogP contribution is -2.74. The summed E-state index contributed by atoms with van der Waals surface area (Å²) >= 11 is 6.26. The summed E-state index contributed by atoms with van der Waals surface area (Å²) < 4.78 is 25.7. The number of fused-ring (bicyclic) bond motifs is 1. The molecule has 0 radical (unpaired) electrons. The van der Waals surface area contributed by atoms with Crippen LogP contribution in [0.4, 0.5) is 21.8 Å². The number of carbonyl (C=O) groups excluding carboxylic acids is 2. The standard InChI is InChI=1S/C47H54ClFN12O3/c1-28(62)60-16-13-40-36(27-60)41(54-39-10-8-30(17-38(39)49)33-22-53-57(6)24-33)56-61(40)34-25-58(26-34)23-29-11-14-59(15-12-29)45-51-20-32(21-52-45)42(63)55-43-46(2,3)44(47(43,4)5)64-35-9-7-31(19-50)37(48)18-35/h7-10,17-18,20-22,24,29,34,43-44H,11-16,23,25-27H2,1-6H3,(H,54,56)(H,55,63). The summed E-state index contributed by atoms with van der Waals surface area (Å²) in [5, 5.41) is 25.3. The van der Waals surface area contributed by atoms with E-state index < -0.39 is 10.8 Å². The maximum absolute atomic E-state index is 15.5. The Morgan fingerprint density at radius 1 is 1.00 bits per heavy atom. The molecule has 3 aliphatic heterocycles. The molecule has 334 valence electrons. The molecule has 0 bridgehead atoms. The monoisotopic (exact) mass is 888 g/mol. The highest BCUT2D eigenvalue weighted by molar-refractivity contribution is 6.31. The van der Waals surface area contributed by atoms with Gasteiger partial charge < -0.3 is 25.2 Å². The molecule has 0 spiro atoms. The molecule has 4 aliphatic rings. The molecule has 2 aromatic carbocycles. The zero-order valence-electron chi connectivity index (χ0n) is 37.1. The van der Waals surface area contributed by atoms with E-state index in [0.717, 1.165) is 67.9 Å². The van der Waals surface area contributed by atoms with Gasteiger partial charge in [0.1, 0.15) is 23.7 Å². The third-order valence-electron chi connectivity index (χ3n) is 13.8. The van der Waals surface area contributed by atoms with Crippen molar-refractivity contribution in [2.45, 2.75) is 78.6 Å². The van der Waals surface area contributed by atoms with E-state index in [9.17, 15) is 14.9 Å². The van der Waals surface area contributed by atoms with Crippen molar-refractivity contribution in [1.82, 2.24) is 44.6 Å². The van der Waals surface area contributed by atoms with Gasteiger partial charge >= 0.3 is 0 Å². The Morgan fingerprint density at radius 3 is 2.38 bits per heavy atom. The first kappa shape index (κ1) is 43.2. The van der Waals surface area contributed by atoms with Crippen molar-refractivity contribution in [3.8, 4) is 22.9 Å². The second kappa shape index (κ2) is 16.8. The number of anilines is 3. The van der Waals surface area contributed by atoms with E-state index in [1.54, 1.807) is 54.5 Å². The number of likely N-dealkylation sites (tertiary alicyclic amines) is 1. The lowest BCUT2D eigenvalue weighted by atomic mass is 9.49. The molecule has 2 saturated heterocycles. The number of piperidine rings is 1. The molecular weight excluding hydrogens is 835 g/mol. The normalized spacial score (nSPS) is 20.7. The molecule has 1 saturated carbocycles. The number of carbonyl (C=O) groups is 2. The summed E-state index contributed by atoms with van der Waals surface area (Å²) in [4.78, 5) is 41.6. The van der Waals surface area contributed by atoms with Gasteiger partial charge in [-0.15, -0.1) is 0 Å². The van der Waals surface area contributed by atoms with Crippen LogP contribution in [0.1, 0.15) is 80.7 Å². The number of hydrogen-bond donors (Lipinski definition) is 2. The predicted molar refractivity (Wildman–Crippen MR) is 241 cm³/mol. The minimum atomic E-state index is -0.390. The molecule has 9 rings (SSSR count).